The molecule has 1 rings (SSSR count). The topological polar surface area (TPSA) is 46.2 Å². The number of halogens is 4. The number of rotatable bonds is 3. The fourth-order valence-electron chi connectivity index (χ4n) is 1.30. The third-order valence-corrected chi connectivity index (χ3v) is 2.33. The minimum Gasteiger partial charge on any atom is -0.396 e. The standard InChI is InChI=1S/C10H11ClF3NO/c11-8-4-6(9(15)1-2-16)3-7(5-8)10(12,13)14/h3-5,9,16H,1-2,15H2. The molecule has 1 unspecified atom stereocenters. The molecule has 0 bridgehead atoms. The molecule has 3 N–H and O–H groups in total. The Bertz CT molecular complexity index is 368. The number of alkyl halides is 3. The molecule has 2 nitrogen and oxygen atoms in total. The highest BCUT2D eigenvalue weighted by Gasteiger charge is 2.31. The third kappa shape index (κ3) is 3.37. The van der Waals surface area contributed by atoms with Gasteiger partial charge in [0.2, 0.25) is 0 Å². The predicted octanol–water partition coefficient (Wildman–Crippen LogP) is 2.74. The van der Waals surface area contributed by atoms with Gasteiger partial charge >= 0.3 is 6.18 Å². The predicted molar refractivity (Wildman–Crippen MR) is 55.1 cm³/mol. The number of benzene rings is 1. The van der Waals surface area contributed by atoms with Crippen LogP contribution in [0, 0.1) is 0 Å². The number of aliphatic hydroxyl groups is 1. The van der Waals surface area contributed by atoms with Crippen LogP contribution in [0.2, 0.25) is 5.02 Å². The molecule has 6 heteroatoms. The molecule has 0 fully saturated rings. The molecule has 0 aromatic heterocycles. The molecule has 0 saturated carbocycles. The zero-order valence-electron chi connectivity index (χ0n) is 8.26. The van der Waals surface area contributed by atoms with E-state index in [4.69, 9.17) is 22.4 Å². The van der Waals surface area contributed by atoms with E-state index in [1.807, 2.05) is 0 Å². The molecular formula is C10H11ClF3NO. The maximum atomic E-state index is 12.4. The quantitative estimate of drug-likeness (QED) is 0.870. The Morgan fingerprint density at radius 2 is 1.94 bits per heavy atom. The van der Waals surface area contributed by atoms with Crippen LogP contribution in [-0.4, -0.2) is 11.7 Å². The summed E-state index contributed by atoms with van der Waals surface area (Å²) in [6, 6.07) is 2.52. The number of nitrogens with two attached hydrogens (primary N) is 1. The lowest BCUT2D eigenvalue weighted by molar-refractivity contribution is -0.137. The highest BCUT2D eigenvalue weighted by Crippen LogP contribution is 2.33. The largest absolute Gasteiger partial charge is 0.416 e. The lowest BCUT2D eigenvalue weighted by atomic mass is 10.0. The molecule has 90 valence electrons. The minimum atomic E-state index is -4.45. The number of hydrogen-bond donors (Lipinski definition) is 2. The molecule has 0 radical (unpaired) electrons. The Labute approximate surface area is 95.8 Å². The van der Waals surface area contributed by atoms with Gasteiger partial charge in [0.05, 0.1) is 5.56 Å². The SMILES string of the molecule is NC(CCO)c1cc(Cl)cc(C(F)(F)F)c1. The van der Waals surface area contributed by atoms with E-state index in [0.717, 1.165) is 12.1 Å². The molecule has 0 aliphatic heterocycles. The third-order valence-electron chi connectivity index (χ3n) is 2.12. The number of hydrogen-bond acceptors (Lipinski definition) is 2. The van der Waals surface area contributed by atoms with Gasteiger partial charge in [-0.1, -0.05) is 11.6 Å². The Balaban J connectivity index is 3.08. The summed E-state index contributed by atoms with van der Waals surface area (Å²) in [4.78, 5) is 0. The van der Waals surface area contributed by atoms with E-state index in [-0.39, 0.29) is 23.6 Å². The second-order valence-electron chi connectivity index (χ2n) is 3.39. The first-order valence-electron chi connectivity index (χ1n) is 4.58. The van der Waals surface area contributed by atoms with E-state index in [1.54, 1.807) is 0 Å². The molecule has 0 aliphatic carbocycles. The van der Waals surface area contributed by atoms with Gasteiger partial charge in [-0.25, -0.2) is 0 Å². The molecule has 1 aromatic carbocycles. The summed E-state index contributed by atoms with van der Waals surface area (Å²) in [5.74, 6) is 0. The van der Waals surface area contributed by atoms with Gasteiger partial charge in [-0.2, -0.15) is 13.2 Å². The summed E-state index contributed by atoms with van der Waals surface area (Å²) in [5, 5.41) is 8.65. The van der Waals surface area contributed by atoms with Crippen LogP contribution in [0.1, 0.15) is 23.6 Å². The number of aliphatic hydroxyl groups excluding tert-OH is 1. The first-order chi connectivity index (χ1) is 7.34. The molecule has 1 atom stereocenters. The van der Waals surface area contributed by atoms with E-state index in [2.05, 4.69) is 0 Å². The van der Waals surface area contributed by atoms with Crippen molar-refractivity contribution in [2.45, 2.75) is 18.6 Å². The van der Waals surface area contributed by atoms with Crippen molar-refractivity contribution in [2.75, 3.05) is 6.61 Å². The minimum absolute atomic E-state index is 0.0155. The average Bonchev–Trinajstić information content (AvgIpc) is 2.16. The lowest BCUT2D eigenvalue weighted by Gasteiger charge is -2.14. The van der Waals surface area contributed by atoms with Crippen molar-refractivity contribution in [1.29, 1.82) is 0 Å². The van der Waals surface area contributed by atoms with Gasteiger partial charge in [-0.3, -0.25) is 0 Å². The van der Waals surface area contributed by atoms with Crippen molar-refractivity contribution in [3.8, 4) is 0 Å². The van der Waals surface area contributed by atoms with Crippen LogP contribution in [0.5, 0.6) is 0 Å². The van der Waals surface area contributed by atoms with Crippen molar-refractivity contribution in [2.24, 2.45) is 5.73 Å². The first-order valence-corrected chi connectivity index (χ1v) is 4.96. The van der Waals surface area contributed by atoms with Crippen LogP contribution < -0.4 is 5.73 Å². The fraction of sp³-hybridized carbons (Fsp3) is 0.400. The van der Waals surface area contributed by atoms with Gasteiger partial charge in [0, 0.05) is 17.7 Å². The highest BCUT2D eigenvalue weighted by atomic mass is 35.5. The van der Waals surface area contributed by atoms with Crippen molar-refractivity contribution in [1.82, 2.24) is 0 Å². The summed E-state index contributed by atoms with van der Waals surface area (Å²) in [6.45, 7) is -0.185. The van der Waals surface area contributed by atoms with Crippen molar-refractivity contribution in [3.63, 3.8) is 0 Å². The molecule has 0 spiro atoms. The Morgan fingerprint density at radius 1 is 1.31 bits per heavy atom. The molecule has 0 amide bonds. The van der Waals surface area contributed by atoms with Crippen LogP contribution in [0.4, 0.5) is 13.2 Å². The maximum Gasteiger partial charge on any atom is 0.416 e. The summed E-state index contributed by atoms with van der Waals surface area (Å²) in [7, 11) is 0. The molecule has 16 heavy (non-hydrogen) atoms. The van der Waals surface area contributed by atoms with Gasteiger partial charge in [0.15, 0.2) is 0 Å². The molecule has 0 aliphatic rings. The fourth-order valence-corrected chi connectivity index (χ4v) is 1.54. The highest BCUT2D eigenvalue weighted by molar-refractivity contribution is 6.30. The maximum absolute atomic E-state index is 12.4. The van der Waals surface area contributed by atoms with E-state index in [0.29, 0.717) is 0 Å². The van der Waals surface area contributed by atoms with Crippen LogP contribution in [0.3, 0.4) is 0 Å². The van der Waals surface area contributed by atoms with E-state index < -0.39 is 17.8 Å². The summed E-state index contributed by atoms with van der Waals surface area (Å²) < 4.78 is 37.3. The van der Waals surface area contributed by atoms with E-state index in [1.165, 1.54) is 6.07 Å². The van der Waals surface area contributed by atoms with Gasteiger partial charge in [-0.15, -0.1) is 0 Å². The van der Waals surface area contributed by atoms with E-state index in [9.17, 15) is 13.2 Å². The second-order valence-corrected chi connectivity index (χ2v) is 3.83. The summed E-state index contributed by atoms with van der Waals surface area (Å²) >= 11 is 5.58. The molecule has 0 saturated heterocycles. The molecular weight excluding hydrogens is 243 g/mol. The van der Waals surface area contributed by atoms with Crippen molar-refractivity contribution < 1.29 is 18.3 Å². The Hall–Kier alpha value is -0.780. The van der Waals surface area contributed by atoms with Crippen molar-refractivity contribution in [3.05, 3.63) is 34.3 Å². The zero-order chi connectivity index (χ0) is 12.3. The smallest absolute Gasteiger partial charge is 0.396 e. The van der Waals surface area contributed by atoms with Gasteiger partial charge in [0.1, 0.15) is 0 Å². The monoisotopic (exact) mass is 253 g/mol. The summed E-state index contributed by atoms with van der Waals surface area (Å²) in [6.07, 6.45) is -4.25. The summed E-state index contributed by atoms with van der Waals surface area (Å²) in [5.41, 5.74) is 5.04. The van der Waals surface area contributed by atoms with Crippen LogP contribution >= 0.6 is 11.6 Å². The van der Waals surface area contributed by atoms with Crippen LogP contribution in [-0.2, 0) is 6.18 Å². The Kier molecular flexibility index (Phi) is 4.18. The van der Waals surface area contributed by atoms with Crippen LogP contribution in [0.15, 0.2) is 18.2 Å². The zero-order valence-corrected chi connectivity index (χ0v) is 9.02. The first kappa shape index (κ1) is 13.3. The molecule has 0 heterocycles. The average molecular weight is 254 g/mol. The van der Waals surface area contributed by atoms with E-state index >= 15 is 0 Å². The lowest BCUT2D eigenvalue weighted by Crippen LogP contribution is -2.14. The van der Waals surface area contributed by atoms with Crippen molar-refractivity contribution >= 4 is 11.6 Å². The van der Waals surface area contributed by atoms with Gasteiger partial charge < -0.3 is 10.8 Å². The second kappa shape index (κ2) is 5.03. The normalized spacial score (nSPS) is 13.9. The van der Waals surface area contributed by atoms with Gasteiger partial charge in [-0.05, 0) is 30.2 Å². The van der Waals surface area contributed by atoms with Crippen LogP contribution in [0.25, 0.3) is 0 Å². The molecule has 1 aromatic rings. The Morgan fingerprint density at radius 3 is 2.44 bits per heavy atom. The van der Waals surface area contributed by atoms with Gasteiger partial charge in [0.25, 0.3) is 0 Å².